The summed E-state index contributed by atoms with van der Waals surface area (Å²) in [6.45, 7) is 0.697. The Labute approximate surface area is 158 Å². The molecule has 0 spiro atoms. The van der Waals surface area contributed by atoms with Gasteiger partial charge in [0, 0.05) is 12.2 Å². The minimum Gasteiger partial charge on any atom is -0.497 e. The van der Waals surface area contributed by atoms with E-state index in [1.54, 1.807) is 7.11 Å². The van der Waals surface area contributed by atoms with Crippen LogP contribution in [0.25, 0.3) is 0 Å². The fourth-order valence-electron chi connectivity index (χ4n) is 3.56. The molecule has 1 atom stereocenters. The molecule has 0 fully saturated rings. The Balaban J connectivity index is 1.95. The van der Waals surface area contributed by atoms with Gasteiger partial charge in [0.05, 0.1) is 27.4 Å². The molecular weight excluding hydrogens is 346 g/mol. The van der Waals surface area contributed by atoms with Crippen LogP contribution in [0.1, 0.15) is 23.6 Å². The Bertz CT molecular complexity index is 802. The highest BCUT2D eigenvalue weighted by molar-refractivity contribution is 5.95. The average molecular weight is 369 g/mol. The first kappa shape index (κ1) is 18.8. The van der Waals surface area contributed by atoms with E-state index in [4.69, 9.17) is 14.2 Å². The zero-order chi connectivity index (χ0) is 19.4. The second-order valence-corrected chi connectivity index (χ2v) is 6.38. The number of carbonyl (C=O) groups is 2. The van der Waals surface area contributed by atoms with Crippen molar-refractivity contribution in [2.75, 3.05) is 26.2 Å². The molecule has 6 nitrogen and oxygen atoms in total. The summed E-state index contributed by atoms with van der Waals surface area (Å²) >= 11 is 0. The molecule has 0 N–H and O–H groups in total. The lowest BCUT2D eigenvalue weighted by Crippen LogP contribution is -2.32. The van der Waals surface area contributed by atoms with E-state index in [0.717, 1.165) is 17.0 Å². The lowest BCUT2D eigenvalue weighted by molar-refractivity contribution is -0.159. The molecule has 0 saturated heterocycles. The molecule has 1 heterocycles. The zero-order valence-electron chi connectivity index (χ0n) is 15.7. The van der Waals surface area contributed by atoms with Crippen molar-refractivity contribution in [1.82, 2.24) is 0 Å². The van der Waals surface area contributed by atoms with E-state index in [1.165, 1.54) is 19.8 Å². The first-order valence-corrected chi connectivity index (χ1v) is 8.73. The lowest BCUT2D eigenvalue weighted by atomic mass is 9.94. The van der Waals surface area contributed by atoms with Crippen molar-refractivity contribution in [2.24, 2.45) is 5.92 Å². The Kier molecular flexibility index (Phi) is 5.64. The highest BCUT2D eigenvalue weighted by Gasteiger charge is 2.38. The smallest absolute Gasteiger partial charge is 0.320 e. The van der Waals surface area contributed by atoms with Gasteiger partial charge in [-0.1, -0.05) is 24.3 Å². The van der Waals surface area contributed by atoms with Gasteiger partial charge < -0.3 is 19.1 Å². The van der Waals surface area contributed by atoms with Gasteiger partial charge in [-0.05, 0) is 41.8 Å². The standard InChI is InChI=1S/C21H23NO5/c1-25-16-10-8-15(9-11-16)22-13-14-6-4-5-7-17(14)19(22)12-18(20(23)26-2)21(24)27-3/h4-11,18-19H,12-13H2,1-3H3. The number of hydrogen-bond acceptors (Lipinski definition) is 6. The number of esters is 2. The number of benzene rings is 2. The SMILES string of the molecule is COC(=O)C(CC1c2ccccc2CN1c1ccc(OC)cc1)C(=O)OC. The number of fused-ring (bicyclic) bond motifs is 1. The summed E-state index contributed by atoms with van der Waals surface area (Å²) < 4.78 is 14.9. The summed E-state index contributed by atoms with van der Waals surface area (Å²) in [6.07, 6.45) is 0.280. The van der Waals surface area contributed by atoms with Crippen molar-refractivity contribution in [3.63, 3.8) is 0 Å². The lowest BCUT2D eigenvalue weighted by Gasteiger charge is -2.29. The molecular formula is C21H23NO5. The molecule has 27 heavy (non-hydrogen) atoms. The van der Waals surface area contributed by atoms with Crippen molar-refractivity contribution >= 4 is 17.6 Å². The van der Waals surface area contributed by atoms with Crippen LogP contribution in [0.15, 0.2) is 48.5 Å². The van der Waals surface area contributed by atoms with E-state index >= 15 is 0 Å². The van der Waals surface area contributed by atoms with Gasteiger partial charge in [0.1, 0.15) is 5.75 Å². The van der Waals surface area contributed by atoms with Crippen LogP contribution < -0.4 is 9.64 Å². The van der Waals surface area contributed by atoms with Crippen molar-refractivity contribution in [1.29, 1.82) is 0 Å². The molecule has 0 radical (unpaired) electrons. The topological polar surface area (TPSA) is 65.1 Å². The number of carbonyl (C=O) groups excluding carboxylic acids is 2. The number of anilines is 1. The Morgan fingerprint density at radius 1 is 1.00 bits per heavy atom. The highest BCUT2D eigenvalue weighted by atomic mass is 16.5. The molecule has 2 aromatic rings. The summed E-state index contributed by atoms with van der Waals surface area (Å²) in [5.41, 5.74) is 3.27. The molecule has 1 aliphatic rings. The predicted octanol–water partition coefficient (Wildman–Crippen LogP) is 3.11. The molecule has 2 aromatic carbocycles. The number of ether oxygens (including phenoxy) is 3. The molecule has 0 aliphatic carbocycles. The monoisotopic (exact) mass is 369 g/mol. The Morgan fingerprint density at radius 2 is 1.63 bits per heavy atom. The highest BCUT2D eigenvalue weighted by Crippen LogP contribution is 2.41. The van der Waals surface area contributed by atoms with Crippen LogP contribution in [-0.2, 0) is 25.6 Å². The number of hydrogen-bond donors (Lipinski definition) is 0. The van der Waals surface area contributed by atoms with Crippen LogP contribution in [-0.4, -0.2) is 33.3 Å². The molecule has 0 amide bonds. The van der Waals surface area contributed by atoms with Crippen molar-refractivity contribution in [2.45, 2.75) is 19.0 Å². The fraction of sp³-hybridized carbons (Fsp3) is 0.333. The van der Waals surface area contributed by atoms with E-state index in [1.807, 2.05) is 42.5 Å². The molecule has 1 unspecified atom stereocenters. The van der Waals surface area contributed by atoms with Crippen molar-refractivity contribution in [3.05, 3.63) is 59.7 Å². The van der Waals surface area contributed by atoms with Crippen LogP contribution in [0, 0.1) is 5.92 Å². The molecule has 1 aliphatic heterocycles. The third-order valence-corrected chi connectivity index (χ3v) is 4.97. The normalized spacial score (nSPS) is 15.4. The summed E-state index contributed by atoms with van der Waals surface area (Å²) in [5, 5.41) is 0. The van der Waals surface area contributed by atoms with Gasteiger partial charge >= 0.3 is 11.9 Å². The van der Waals surface area contributed by atoms with E-state index in [9.17, 15) is 9.59 Å². The van der Waals surface area contributed by atoms with Crippen LogP contribution >= 0.6 is 0 Å². The Morgan fingerprint density at radius 3 is 2.22 bits per heavy atom. The van der Waals surface area contributed by atoms with Gasteiger partial charge in [-0.3, -0.25) is 9.59 Å². The minimum atomic E-state index is -0.975. The molecule has 0 aromatic heterocycles. The summed E-state index contributed by atoms with van der Waals surface area (Å²) in [6, 6.07) is 15.7. The molecule has 6 heteroatoms. The average Bonchev–Trinajstić information content (AvgIpc) is 3.09. The van der Waals surface area contributed by atoms with Crippen LogP contribution in [0.5, 0.6) is 5.75 Å². The molecule has 0 saturated carbocycles. The first-order chi connectivity index (χ1) is 13.1. The van der Waals surface area contributed by atoms with Gasteiger partial charge in [0.15, 0.2) is 5.92 Å². The van der Waals surface area contributed by atoms with Crippen LogP contribution in [0.2, 0.25) is 0 Å². The maximum absolute atomic E-state index is 12.2. The predicted molar refractivity (Wildman–Crippen MR) is 100 cm³/mol. The third-order valence-electron chi connectivity index (χ3n) is 4.97. The summed E-state index contributed by atoms with van der Waals surface area (Å²) in [4.78, 5) is 26.5. The maximum Gasteiger partial charge on any atom is 0.320 e. The van der Waals surface area contributed by atoms with Crippen molar-refractivity contribution in [3.8, 4) is 5.75 Å². The minimum absolute atomic E-state index is 0.141. The fourth-order valence-corrected chi connectivity index (χ4v) is 3.56. The first-order valence-electron chi connectivity index (χ1n) is 8.73. The quantitative estimate of drug-likeness (QED) is 0.576. The van der Waals surface area contributed by atoms with Gasteiger partial charge in [-0.15, -0.1) is 0 Å². The number of methoxy groups -OCH3 is 3. The second kappa shape index (κ2) is 8.12. The Hall–Kier alpha value is -3.02. The van der Waals surface area contributed by atoms with Gasteiger partial charge in [0.25, 0.3) is 0 Å². The van der Waals surface area contributed by atoms with Gasteiger partial charge in [-0.2, -0.15) is 0 Å². The maximum atomic E-state index is 12.2. The van der Waals surface area contributed by atoms with Gasteiger partial charge in [-0.25, -0.2) is 0 Å². The zero-order valence-corrected chi connectivity index (χ0v) is 15.7. The number of rotatable bonds is 6. The van der Waals surface area contributed by atoms with Crippen molar-refractivity contribution < 1.29 is 23.8 Å². The second-order valence-electron chi connectivity index (χ2n) is 6.38. The number of nitrogens with zero attached hydrogens (tertiary/aromatic N) is 1. The van der Waals surface area contributed by atoms with Crippen LogP contribution in [0.3, 0.4) is 0 Å². The molecule has 3 rings (SSSR count). The largest absolute Gasteiger partial charge is 0.497 e. The van der Waals surface area contributed by atoms with E-state index < -0.39 is 17.9 Å². The van der Waals surface area contributed by atoms with E-state index in [-0.39, 0.29) is 12.5 Å². The summed E-state index contributed by atoms with van der Waals surface area (Å²) in [5.74, 6) is -1.37. The molecule has 0 bridgehead atoms. The molecule has 142 valence electrons. The summed E-state index contributed by atoms with van der Waals surface area (Å²) in [7, 11) is 4.19. The van der Waals surface area contributed by atoms with E-state index in [0.29, 0.717) is 6.54 Å². The third kappa shape index (κ3) is 3.74. The van der Waals surface area contributed by atoms with E-state index in [2.05, 4.69) is 11.0 Å². The van der Waals surface area contributed by atoms with Crippen LogP contribution in [0.4, 0.5) is 5.69 Å². The van der Waals surface area contributed by atoms with Gasteiger partial charge in [0.2, 0.25) is 0 Å².